The Bertz CT molecular complexity index is 2900. The van der Waals surface area contributed by atoms with Gasteiger partial charge in [-0.15, -0.1) is 0 Å². The summed E-state index contributed by atoms with van der Waals surface area (Å²) in [6.45, 7) is 0. The molecule has 0 atom stereocenters. The average Bonchev–Trinajstić information content (AvgIpc) is 3.27. The molecular formula is C53H38N2S. The Morgan fingerprint density at radius 1 is 0.464 bits per heavy atom. The van der Waals surface area contributed by atoms with E-state index in [0.29, 0.717) is 0 Å². The zero-order chi connectivity index (χ0) is 37.4. The van der Waals surface area contributed by atoms with E-state index in [4.69, 9.17) is 5.73 Å². The van der Waals surface area contributed by atoms with Crippen LogP contribution in [0.3, 0.4) is 0 Å². The van der Waals surface area contributed by atoms with Gasteiger partial charge in [0.2, 0.25) is 0 Å². The maximum Gasteiger partial charge on any atom is 0.0601 e. The molecule has 0 fully saturated rings. The molecule has 56 heavy (non-hydrogen) atoms. The van der Waals surface area contributed by atoms with E-state index in [1.54, 1.807) is 0 Å². The Morgan fingerprint density at radius 3 is 1.64 bits per heavy atom. The standard InChI is InChI=1S/C53H38N2S/c54-49(37-17-5-2-6-18-37)35-39(28-27-36-15-3-1-4-16-36)41-31-40(32-42(33-41)55-50-23-11-13-25-52(50)56-53-26-14-12-24-51(53)55)38-29-30-47-45-21-8-7-19-43(45)44-20-9-10-22-46(44)48(47)34-38/h1-26,28-35H,27,54H2/b39-28+,49-35-. The molecule has 3 heteroatoms. The van der Waals surface area contributed by atoms with E-state index >= 15 is 0 Å². The SMILES string of the molecule is N/C(=C\C(=C/Cc1ccccc1)c1cc(-c2ccc3c4ccccc4c4ccccc4c3c2)cc(N2c3ccccc3Sc3ccccc32)c1)c1ccccc1. The molecule has 266 valence electrons. The summed E-state index contributed by atoms with van der Waals surface area (Å²) >= 11 is 1.83. The molecule has 10 rings (SSSR count). The summed E-state index contributed by atoms with van der Waals surface area (Å²) in [6.07, 6.45) is 5.24. The second-order valence-electron chi connectivity index (χ2n) is 14.3. The highest BCUT2D eigenvalue weighted by molar-refractivity contribution is 7.99. The van der Waals surface area contributed by atoms with E-state index in [1.807, 2.05) is 30.0 Å². The largest absolute Gasteiger partial charge is 0.398 e. The second kappa shape index (κ2) is 14.4. The molecule has 1 heterocycles. The molecule has 2 N–H and O–H groups in total. The first kappa shape index (κ1) is 33.7. The Morgan fingerprint density at radius 2 is 1.00 bits per heavy atom. The minimum absolute atomic E-state index is 0.728. The van der Waals surface area contributed by atoms with Gasteiger partial charge in [0.1, 0.15) is 0 Å². The van der Waals surface area contributed by atoms with Crippen molar-refractivity contribution < 1.29 is 0 Å². The first-order valence-corrected chi connectivity index (χ1v) is 19.9. The van der Waals surface area contributed by atoms with Gasteiger partial charge >= 0.3 is 0 Å². The predicted molar refractivity (Wildman–Crippen MR) is 240 cm³/mol. The van der Waals surface area contributed by atoms with Crippen LogP contribution in [-0.2, 0) is 6.42 Å². The predicted octanol–water partition coefficient (Wildman–Crippen LogP) is 14.4. The minimum Gasteiger partial charge on any atom is -0.398 e. The molecule has 1 aliphatic heterocycles. The van der Waals surface area contributed by atoms with Crippen LogP contribution >= 0.6 is 11.8 Å². The molecule has 9 aromatic carbocycles. The highest BCUT2D eigenvalue weighted by atomic mass is 32.2. The lowest BCUT2D eigenvalue weighted by Gasteiger charge is -2.33. The van der Waals surface area contributed by atoms with Gasteiger partial charge in [-0.05, 0) is 127 Å². The fourth-order valence-electron chi connectivity index (χ4n) is 8.13. The number of nitrogens with two attached hydrogens (primary N) is 1. The number of nitrogens with zero attached hydrogens (tertiary/aromatic N) is 1. The van der Waals surface area contributed by atoms with Gasteiger partial charge in [0, 0.05) is 21.2 Å². The van der Waals surface area contributed by atoms with Crippen molar-refractivity contribution in [3.8, 4) is 11.1 Å². The van der Waals surface area contributed by atoms with E-state index in [-0.39, 0.29) is 0 Å². The van der Waals surface area contributed by atoms with Gasteiger partial charge in [-0.2, -0.15) is 0 Å². The van der Waals surface area contributed by atoms with E-state index in [1.165, 1.54) is 59.0 Å². The summed E-state index contributed by atoms with van der Waals surface area (Å²) in [5.41, 5.74) is 17.8. The van der Waals surface area contributed by atoms with Gasteiger partial charge in [-0.3, -0.25) is 0 Å². The number of rotatable bonds is 7. The van der Waals surface area contributed by atoms with Crippen molar-refractivity contribution in [1.82, 2.24) is 0 Å². The highest BCUT2D eigenvalue weighted by Gasteiger charge is 2.25. The number of anilines is 3. The van der Waals surface area contributed by atoms with Gasteiger partial charge < -0.3 is 10.6 Å². The number of para-hydroxylation sites is 2. The van der Waals surface area contributed by atoms with Gasteiger partial charge in [0.15, 0.2) is 0 Å². The van der Waals surface area contributed by atoms with E-state index < -0.39 is 0 Å². The van der Waals surface area contributed by atoms with E-state index in [0.717, 1.165) is 45.6 Å². The Balaban J connectivity index is 1.23. The van der Waals surface area contributed by atoms with Crippen molar-refractivity contribution in [2.45, 2.75) is 16.2 Å². The van der Waals surface area contributed by atoms with Crippen LogP contribution in [0.4, 0.5) is 17.1 Å². The van der Waals surface area contributed by atoms with Crippen LogP contribution in [-0.4, -0.2) is 0 Å². The lowest BCUT2D eigenvalue weighted by atomic mass is 9.90. The van der Waals surface area contributed by atoms with Gasteiger partial charge in [0.25, 0.3) is 0 Å². The van der Waals surface area contributed by atoms with Crippen LogP contribution in [0.5, 0.6) is 0 Å². The van der Waals surface area contributed by atoms with Crippen LogP contribution in [0.25, 0.3) is 54.7 Å². The van der Waals surface area contributed by atoms with Gasteiger partial charge in [-0.25, -0.2) is 0 Å². The molecule has 0 aliphatic carbocycles. The minimum atomic E-state index is 0.728. The molecule has 0 aromatic heterocycles. The number of fused-ring (bicyclic) bond motifs is 8. The van der Waals surface area contributed by atoms with Crippen LogP contribution in [0, 0.1) is 0 Å². The summed E-state index contributed by atoms with van der Waals surface area (Å²) in [7, 11) is 0. The topological polar surface area (TPSA) is 29.3 Å². The number of hydrogen-bond donors (Lipinski definition) is 1. The average molecular weight is 735 g/mol. The number of allylic oxidation sites excluding steroid dienone is 3. The lowest BCUT2D eigenvalue weighted by molar-refractivity contribution is 1.16. The van der Waals surface area contributed by atoms with Crippen molar-refractivity contribution >= 4 is 72.4 Å². The first-order valence-electron chi connectivity index (χ1n) is 19.1. The number of hydrogen-bond acceptors (Lipinski definition) is 3. The van der Waals surface area contributed by atoms with Crippen LogP contribution in [0.2, 0.25) is 0 Å². The summed E-state index contributed by atoms with van der Waals surface area (Å²) < 4.78 is 0. The normalized spacial score (nSPS) is 12.9. The van der Waals surface area contributed by atoms with Crippen molar-refractivity contribution in [3.63, 3.8) is 0 Å². The van der Waals surface area contributed by atoms with Crippen molar-refractivity contribution in [1.29, 1.82) is 0 Å². The zero-order valence-electron chi connectivity index (χ0n) is 30.8. The third kappa shape index (κ3) is 6.22. The maximum absolute atomic E-state index is 6.93. The molecule has 1 aliphatic rings. The summed E-state index contributed by atoms with van der Waals surface area (Å²) in [5, 5.41) is 7.60. The molecule has 2 nitrogen and oxygen atoms in total. The van der Waals surface area contributed by atoms with Crippen LogP contribution < -0.4 is 10.6 Å². The van der Waals surface area contributed by atoms with Crippen LogP contribution in [0.15, 0.2) is 216 Å². The maximum atomic E-state index is 6.93. The number of benzene rings is 9. The lowest BCUT2D eigenvalue weighted by Crippen LogP contribution is -2.15. The zero-order valence-corrected chi connectivity index (χ0v) is 31.6. The monoisotopic (exact) mass is 734 g/mol. The van der Waals surface area contributed by atoms with Gasteiger partial charge in [-0.1, -0.05) is 163 Å². The van der Waals surface area contributed by atoms with Crippen molar-refractivity contribution in [2.24, 2.45) is 5.73 Å². The summed E-state index contributed by atoms with van der Waals surface area (Å²) in [6, 6.07) is 70.0. The van der Waals surface area contributed by atoms with Crippen molar-refractivity contribution in [2.75, 3.05) is 4.90 Å². The fourth-order valence-corrected chi connectivity index (χ4v) is 9.19. The molecular weight excluding hydrogens is 697 g/mol. The summed E-state index contributed by atoms with van der Waals surface area (Å²) in [4.78, 5) is 4.89. The molecule has 0 bridgehead atoms. The Labute approximate surface area is 331 Å². The molecule has 0 radical (unpaired) electrons. The van der Waals surface area contributed by atoms with E-state index in [9.17, 15) is 0 Å². The Hall–Kier alpha value is -6.81. The fraction of sp³-hybridized carbons (Fsp3) is 0.0189. The second-order valence-corrected chi connectivity index (χ2v) is 15.4. The highest BCUT2D eigenvalue weighted by Crippen LogP contribution is 2.52. The quantitative estimate of drug-likeness (QED) is 0.131. The molecule has 0 saturated heterocycles. The van der Waals surface area contributed by atoms with E-state index in [2.05, 4.69) is 193 Å². The molecule has 0 saturated carbocycles. The molecule has 9 aromatic rings. The third-order valence-electron chi connectivity index (χ3n) is 10.8. The Kier molecular flexibility index (Phi) is 8.70. The van der Waals surface area contributed by atoms with Crippen molar-refractivity contribution in [3.05, 3.63) is 223 Å². The molecule has 0 unspecified atom stereocenters. The first-order chi connectivity index (χ1) is 27.7. The smallest absolute Gasteiger partial charge is 0.0601 e. The van der Waals surface area contributed by atoms with Crippen LogP contribution in [0.1, 0.15) is 16.7 Å². The summed E-state index contributed by atoms with van der Waals surface area (Å²) in [5.74, 6) is 0. The molecule has 0 spiro atoms. The molecule has 0 amide bonds. The van der Waals surface area contributed by atoms with Gasteiger partial charge in [0.05, 0.1) is 11.4 Å². The third-order valence-corrected chi connectivity index (χ3v) is 12.0.